The summed E-state index contributed by atoms with van der Waals surface area (Å²) in [6, 6.07) is 10.2. The molecule has 0 fully saturated rings. The number of anilines is 1. The first-order valence-corrected chi connectivity index (χ1v) is 9.25. The van der Waals surface area contributed by atoms with E-state index in [0.29, 0.717) is 0 Å². The fourth-order valence-corrected chi connectivity index (χ4v) is 4.15. The van der Waals surface area contributed by atoms with Crippen molar-refractivity contribution in [1.29, 1.82) is 0 Å². The van der Waals surface area contributed by atoms with Crippen LogP contribution in [0, 0.1) is 0 Å². The zero-order valence-corrected chi connectivity index (χ0v) is 15.2. The van der Waals surface area contributed by atoms with E-state index < -0.39 is 16.0 Å². The van der Waals surface area contributed by atoms with Gasteiger partial charge in [0, 0.05) is 6.54 Å². The maximum atomic E-state index is 12.9. The molecule has 0 unspecified atom stereocenters. The van der Waals surface area contributed by atoms with Crippen molar-refractivity contribution in [3.05, 3.63) is 57.5 Å². The first-order valence-electron chi connectivity index (χ1n) is 6.67. The highest BCUT2D eigenvalue weighted by molar-refractivity contribution is 7.92. The van der Waals surface area contributed by atoms with Crippen LogP contribution >= 0.6 is 34.8 Å². The smallest absolute Gasteiger partial charge is 0.305 e. The molecule has 0 aromatic heterocycles. The molecule has 0 aliphatic carbocycles. The van der Waals surface area contributed by atoms with Gasteiger partial charge in [-0.3, -0.25) is 9.10 Å². The van der Waals surface area contributed by atoms with Gasteiger partial charge in [0.15, 0.2) is 0 Å². The van der Waals surface area contributed by atoms with E-state index in [1.54, 1.807) is 12.1 Å². The molecule has 0 atom stereocenters. The number of sulfonamides is 1. The summed E-state index contributed by atoms with van der Waals surface area (Å²) >= 11 is 17.8. The molecular formula is C15H12Cl3NO4S. The Hall–Kier alpha value is -1.47. The van der Waals surface area contributed by atoms with Crippen LogP contribution in [0.4, 0.5) is 5.69 Å². The summed E-state index contributed by atoms with van der Waals surface area (Å²) in [5, 5.41) is 9.38. The standard InChI is InChI=1S/C15H12Cl3NO4S/c16-11-6-5-10(9-13(11)18)24(22,23)19(8-7-15(20)21)14-4-2-1-3-12(14)17/h1-6,9H,7-8H2,(H,20,21). The molecule has 128 valence electrons. The third kappa shape index (κ3) is 4.13. The molecular weight excluding hydrogens is 397 g/mol. The van der Waals surface area contributed by atoms with Gasteiger partial charge < -0.3 is 5.11 Å². The summed E-state index contributed by atoms with van der Waals surface area (Å²) in [5.74, 6) is -1.13. The van der Waals surface area contributed by atoms with Crippen LogP contribution < -0.4 is 4.31 Å². The molecule has 0 saturated carbocycles. The van der Waals surface area contributed by atoms with E-state index in [0.717, 1.165) is 4.31 Å². The van der Waals surface area contributed by atoms with E-state index in [1.807, 2.05) is 0 Å². The van der Waals surface area contributed by atoms with E-state index in [-0.39, 0.29) is 38.6 Å². The lowest BCUT2D eigenvalue weighted by atomic mass is 10.3. The lowest BCUT2D eigenvalue weighted by Gasteiger charge is -2.25. The molecule has 0 spiro atoms. The molecule has 2 aromatic rings. The fourth-order valence-electron chi connectivity index (χ4n) is 1.99. The number of aliphatic carboxylic acids is 1. The Labute approximate surface area is 154 Å². The molecule has 0 aliphatic heterocycles. The van der Waals surface area contributed by atoms with Crippen molar-refractivity contribution in [2.45, 2.75) is 11.3 Å². The monoisotopic (exact) mass is 407 g/mol. The lowest BCUT2D eigenvalue weighted by molar-refractivity contribution is -0.136. The van der Waals surface area contributed by atoms with Crippen molar-refractivity contribution in [3.63, 3.8) is 0 Å². The molecule has 24 heavy (non-hydrogen) atoms. The molecule has 0 bridgehead atoms. The second kappa shape index (κ2) is 7.61. The summed E-state index contributed by atoms with van der Waals surface area (Å²) in [4.78, 5) is 10.8. The molecule has 2 rings (SSSR count). The summed E-state index contributed by atoms with van der Waals surface area (Å²) in [7, 11) is -4.07. The quantitative estimate of drug-likeness (QED) is 0.772. The molecule has 1 N–H and O–H groups in total. The predicted molar refractivity (Wildman–Crippen MR) is 94.7 cm³/mol. The number of carboxylic acid groups (broad SMARTS) is 1. The summed E-state index contributed by atoms with van der Waals surface area (Å²) in [6.07, 6.45) is -0.383. The minimum Gasteiger partial charge on any atom is -0.481 e. The zero-order chi connectivity index (χ0) is 17.9. The van der Waals surface area contributed by atoms with E-state index in [2.05, 4.69) is 0 Å². The Kier molecular flexibility index (Phi) is 5.98. The normalized spacial score (nSPS) is 11.3. The SMILES string of the molecule is O=C(O)CCN(c1ccccc1Cl)S(=O)(=O)c1ccc(Cl)c(Cl)c1. The average Bonchev–Trinajstić information content (AvgIpc) is 2.51. The summed E-state index contributed by atoms with van der Waals surface area (Å²) in [5.41, 5.74) is 0.187. The minimum atomic E-state index is -4.07. The van der Waals surface area contributed by atoms with Crippen LogP contribution in [0.25, 0.3) is 0 Å². The van der Waals surface area contributed by atoms with Gasteiger partial charge in [0.25, 0.3) is 10.0 Å². The average molecular weight is 409 g/mol. The van der Waals surface area contributed by atoms with Gasteiger partial charge in [-0.05, 0) is 30.3 Å². The highest BCUT2D eigenvalue weighted by atomic mass is 35.5. The van der Waals surface area contributed by atoms with Crippen molar-refractivity contribution in [1.82, 2.24) is 0 Å². The number of para-hydroxylation sites is 1. The van der Waals surface area contributed by atoms with Gasteiger partial charge >= 0.3 is 5.97 Å². The molecule has 9 heteroatoms. The van der Waals surface area contributed by atoms with Crippen LogP contribution in [0.2, 0.25) is 15.1 Å². The molecule has 0 aliphatic rings. The van der Waals surface area contributed by atoms with Crippen LogP contribution in [0.5, 0.6) is 0 Å². The first-order chi connectivity index (χ1) is 11.2. The topological polar surface area (TPSA) is 74.7 Å². The van der Waals surface area contributed by atoms with Crippen molar-refractivity contribution < 1.29 is 18.3 Å². The summed E-state index contributed by atoms with van der Waals surface area (Å²) < 4.78 is 26.8. The first kappa shape index (κ1) is 18.9. The number of nitrogens with zero attached hydrogens (tertiary/aromatic N) is 1. The van der Waals surface area contributed by atoms with E-state index in [1.165, 1.54) is 30.3 Å². The zero-order valence-electron chi connectivity index (χ0n) is 12.1. The fraction of sp³-hybridized carbons (Fsp3) is 0.133. The van der Waals surface area contributed by atoms with Crippen LogP contribution in [0.15, 0.2) is 47.4 Å². The van der Waals surface area contributed by atoms with E-state index in [4.69, 9.17) is 39.9 Å². The Balaban J connectivity index is 2.54. The lowest BCUT2D eigenvalue weighted by Crippen LogP contribution is -2.33. The minimum absolute atomic E-state index is 0.0788. The Morgan fingerprint density at radius 1 is 1.00 bits per heavy atom. The Bertz CT molecular complexity index is 871. The number of halogens is 3. The second-order valence-corrected chi connectivity index (χ2v) is 7.83. The van der Waals surface area contributed by atoms with Crippen LogP contribution in [-0.2, 0) is 14.8 Å². The number of benzene rings is 2. The Morgan fingerprint density at radius 3 is 2.25 bits per heavy atom. The number of carbonyl (C=O) groups is 1. The molecule has 0 radical (unpaired) electrons. The number of hydrogen-bond acceptors (Lipinski definition) is 3. The molecule has 2 aromatic carbocycles. The third-order valence-corrected chi connectivity index (χ3v) is 6.00. The molecule has 0 amide bonds. The van der Waals surface area contributed by atoms with Crippen LogP contribution in [0.1, 0.15) is 6.42 Å². The Morgan fingerprint density at radius 2 is 1.67 bits per heavy atom. The highest BCUT2D eigenvalue weighted by Gasteiger charge is 2.27. The van der Waals surface area contributed by atoms with E-state index in [9.17, 15) is 13.2 Å². The van der Waals surface area contributed by atoms with Gasteiger partial charge in [0.2, 0.25) is 0 Å². The van der Waals surface area contributed by atoms with Crippen LogP contribution in [0.3, 0.4) is 0 Å². The van der Waals surface area contributed by atoms with Crippen molar-refractivity contribution >= 4 is 56.5 Å². The van der Waals surface area contributed by atoms with Crippen molar-refractivity contribution in [2.24, 2.45) is 0 Å². The predicted octanol–water partition coefficient (Wildman–Crippen LogP) is 4.32. The van der Waals surface area contributed by atoms with Gasteiger partial charge in [0.1, 0.15) is 0 Å². The van der Waals surface area contributed by atoms with E-state index >= 15 is 0 Å². The molecule has 0 heterocycles. The maximum absolute atomic E-state index is 12.9. The molecule has 0 saturated heterocycles. The number of carboxylic acids is 1. The highest BCUT2D eigenvalue weighted by Crippen LogP contribution is 2.32. The summed E-state index contributed by atoms with van der Waals surface area (Å²) in [6.45, 7) is -0.276. The number of rotatable bonds is 6. The van der Waals surface area contributed by atoms with Crippen molar-refractivity contribution in [3.8, 4) is 0 Å². The van der Waals surface area contributed by atoms with Gasteiger partial charge in [-0.1, -0.05) is 46.9 Å². The number of hydrogen-bond donors (Lipinski definition) is 1. The van der Waals surface area contributed by atoms with Crippen molar-refractivity contribution in [2.75, 3.05) is 10.8 Å². The molecule has 5 nitrogen and oxygen atoms in total. The van der Waals surface area contributed by atoms with Gasteiger partial charge in [-0.2, -0.15) is 0 Å². The maximum Gasteiger partial charge on any atom is 0.305 e. The third-order valence-electron chi connectivity index (χ3n) is 3.13. The van der Waals surface area contributed by atoms with Gasteiger partial charge in [0.05, 0.1) is 32.1 Å². The largest absolute Gasteiger partial charge is 0.481 e. The second-order valence-electron chi connectivity index (χ2n) is 4.75. The van der Waals surface area contributed by atoms with Gasteiger partial charge in [-0.25, -0.2) is 8.42 Å². The van der Waals surface area contributed by atoms with Gasteiger partial charge in [-0.15, -0.1) is 0 Å². The van der Waals surface area contributed by atoms with Crippen LogP contribution in [-0.4, -0.2) is 26.0 Å².